The van der Waals surface area contributed by atoms with Crippen molar-refractivity contribution in [1.82, 2.24) is 4.90 Å². The van der Waals surface area contributed by atoms with Gasteiger partial charge in [0.1, 0.15) is 5.75 Å². The summed E-state index contributed by atoms with van der Waals surface area (Å²) in [6.45, 7) is 6.97. The number of methoxy groups -OCH3 is 1. The number of hydrogen-bond acceptors (Lipinski definition) is 4. The van der Waals surface area contributed by atoms with Gasteiger partial charge >= 0.3 is 0 Å². The van der Waals surface area contributed by atoms with Crippen LogP contribution in [0.2, 0.25) is 0 Å². The summed E-state index contributed by atoms with van der Waals surface area (Å²) >= 11 is 0. The van der Waals surface area contributed by atoms with Gasteiger partial charge in [0, 0.05) is 25.7 Å². The molecule has 1 fully saturated rings. The van der Waals surface area contributed by atoms with Crippen LogP contribution in [-0.4, -0.2) is 43.9 Å². The van der Waals surface area contributed by atoms with E-state index in [9.17, 15) is 0 Å². The lowest BCUT2D eigenvalue weighted by Gasteiger charge is -2.36. The Morgan fingerprint density at radius 1 is 1.37 bits per heavy atom. The highest BCUT2D eigenvalue weighted by Gasteiger charge is 2.23. The van der Waals surface area contributed by atoms with E-state index < -0.39 is 0 Å². The number of hydrogen-bond donors (Lipinski definition) is 1. The lowest BCUT2D eigenvalue weighted by molar-refractivity contribution is -0.0691. The summed E-state index contributed by atoms with van der Waals surface area (Å²) in [4.78, 5) is 2.38. The number of benzene rings is 1. The van der Waals surface area contributed by atoms with E-state index in [2.05, 4.69) is 24.8 Å². The summed E-state index contributed by atoms with van der Waals surface area (Å²) in [7, 11) is 1.68. The van der Waals surface area contributed by atoms with Crippen molar-refractivity contribution in [2.24, 2.45) is 5.73 Å². The molecule has 3 atom stereocenters. The Kier molecular flexibility index (Phi) is 4.80. The molecule has 1 saturated heterocycles. The molecule has 106 valence electrons. The molecule has 4 heteroatoms. The van der Waals surface area contributed by atoms with E-state index in [0.29, 0.717) is 0 Å². The highest BCUT2D eigenvalue weighted by atomic mass is 16.5. The third-order valence-corrected chi connectivity index (χ3v) is 3.47. The topological polar surface area (TPSA) is 47.7 Å². The van der Waals surface area contributed by atoms with E-state index in [0.717, 1.165) is 30.9 Å². The van der Waals surface area contributed by atoms with Crippen LogP contribution in [-0.2, 0) is 4.74 Å². The fourth-order valence-corrected chi connectivity index (χ4v) is 2.69. The van der Waals surface area contributed by atoms with Gasteiger partial charge in [-0.15, -0.1) is 0 Å². The molecule has 0 bridgehead atoms. The molecular formula is C15H24N2O2. The van der Waals surface area contributed by atoms with Crippen LogP contribution in [0.15, 0.2) is 24.3 Å². The van der Waals surface area contributed by atoms with Gasteiger partial charge < -0.3 is 15.2 Å². The van der Waals surface area contributed by atoms with Crippen LogP contribution in [0, 0.1) is 0 Å². The van der Waals surface area contributed by atoms with Crippen molar-refractivity contribution in [2.75, 3.05) is 26.7 Å². The minimum Gasteiger partial charge on any atom is -0.497 e. The summed E-state index contributed by atoms with van der Waals surface area (Å²) in [5.74, 6) is 0.858. The number of ether oxygens (including phenoxy) is 2. The molecule has 1 aliphatic rings. The fourth-order valence-electron chi connectivity index (χ4n) is 2.69. The van der Waals surface area contributed by atoms with Gasteiger partial charge in [-0.25, -0.2) is 0 Å². The first-order valence-corrected chi connectivity index (χ1v) is 6.86. The maximum Gasteiger partial charge on any atom is 0.119 e. The van der Waals surface area contributed by atoms with Gasteiger partial charge in [0.15, 0.2) is 0 Å². The van der Waals surface area contributed by atoms with Crippen LogP contribution < -0.4 is 10.5 Å². The lowest BCUT2D eigenvalue weighted by Crippen LogP contribution is -2.47. The van der Waals surface area contributed by atoms with Crippen molar-refractivity contribution >= 4 is 0 Å². The van der Waals surface area contributed by atoms with E-state index >= 15 is 0 Å². The van der Waals surface area contributed by atoms with Crippen LogP contribution in [0.3, 0.4) is 0 Å². The van der Waals surface area contributed by atoms with Gasteiger partial charge in [-0.05, 0) is 31.5 Å². The number of morpholine rings is 1. The molecule has 0 aliphatic carbocycles. The van der Waals surface area contributed by atoms with E-state index in [1.54, 1.807) is 7.11 Å². The highest BCUT2D eigenvalue weighted by molar-refractivity contribution is 5.30. The van der Waals surface area contributed by atoms with Crippen LogP contribution in [0.1, 0.15) is 25.5 Å². The minimum atomic E-state index is 0.00704. The zero-order chi connectivity index (χ0) is 13.8. The maximum absolute atomic E-state index is 6.30. The second-order valence-corrected chi connectivity index (χ2v) is 5.36. The summed E-state index contributed by atoms with van der Waals surface area (Å²) < 4.78 is 11.0. The minimum absolute atomic E-state index is 0.00704. The summed E-state index contributed by atoms with van der Waals surface area (Å²) in [6.07, 6.45) is 0.558. The van der Waals surface area contributed by atoms with E-state index in [-0.39, 0.29) is 18.2 Å². The van der Waals surface area contributed by atoms with Crippen molar-refractivity contribution in [3.8, 4) is 5.75 Å². The quantitative estimate of drug-likeness (QED) is 0.901. The second kappa shape index (κ2) is 6.37. The molecule has 0 spiro atoms. The van der Waals surface area contributed by atoms with Crippen molar-refractivity contribution in [3.63, 3.8) is 0 Å². The first-order valence-electron chi connectivity index (χ1n) is 6.86. The summed E-state index contributed by atoms with van der Waals surface area (Å²) in [5, 5.41) is 0. The smallest absolute Gasteiger partial charge is 0.119 e. The molecule has 0 aromatic heterocycles. The average Bonchev–Trinajstić information content (AvgIpc) is 2.37. The number of rotatable bonds is 4. The average molecular weight is 264 g/mol. The molecule has 0 saturated carbocycles. The molecule has 0 radical (unpaired) electrons. The summed E-state index contributed by atoms with van der Waals surface area (Å²) in [6, 6.07) is 8.00. The molecule has 1 aromatic rings. The predicted octanol–water partition coefficient (Wildman–Crippen LogP) is 1.80. The van der Waals surface area contributed by atoms with Crippen molar-refractivity contribution in [3.05, 3.63) is 29.8 Å². The van der Waals surface area contributed by atoms with Crippen LogP contribution in [0.4, 0.5) is 0 Å². The monoisotopic (exact) mass is 264 g/mol. The first kappa shape index (κ1) is 14.3. The standard InChI is InChI=1S/C15H24N2O2/c1-11-8-17(9-12(2)19-11)10-15(16)13-5-4-6-14(7-13)18-3/h4-7,11-12,15H,8-10,16H2,1-3H3. The SMILES string of the molecule is COc1cccc(C(N)CN2CC(C)OC(C)C2)c1. The van der Waals surface area contributed by atoms with Gasteiger partial charge in [0.2, 0.25) is 0 Å². The predicted molar refractivity (Wildman–Crippen MR) is 76.4 cm³/mol. The van der Waals surface area contributed by atoms with Crippen molar-refractivity contribution in [2.45, 2.75) is 32.1 Å². The Labute approximate surface area is 115 Å². The molecule has 0 amide bonds. The van der Waals surface area contributed by atoms with Gasteiger partial charge in [-0.3, -0.25) is 4.90 Å². The third kappa shape index (κ3) is 3.93. The Morgan fingerprint density at radius 3 is 2.68 bits per heavy atom. The Hall–Kier alpha value is -1.10. The van der Waals surface area contributed by atoms with E-state index in [1.807, 2.05) is 18.2 Å². The Morgan fingerprint density at radius 2 is 2.05 bits per heavy atom. The van der Waals surface area contributed by atoms with Crippen LogP contribution in [0.25, 0.3) is 0 Å². The first-order chi connectivity index (χ1) is 9.08. The molecule has 2 rings (SSSR count). The van der Waals surface area contributed by atoms with Gasteiger partial charge in [-0.1, -0.05) is 12.1 Å². The van der Waals surface area contributed by atoms with Gasteiger partial charge in [0.05, 0.1) is 19.3 Å². The maximum atomic E-state index is 6.30. The molecule has 1 aromatic carbocycles. The molecule has 1 heterocycles. The molecule has 3 unspecified atom stereocenters. The number of nitrogens with zero attached hydrogens (tertiary/aromatic N) is 1. The molecular weight excluding hydrogens is 240 g/mol. The van der Waals surface area contributed by atoms with Crippen LogP contribution >= 0.6 is 0 Å². The number of nitrogens with two attached hydrogens (primary N) is 1. The largest absolute Gasteiger partial charge is 0.497 e. The van der Waals surface area contributed by atoms with Gasteiger partial charge in [0.25, 0.3) is 0 Å². The molecule has 4 nitrogen and oxygen atoms in total. The second-order valence-electron chi connectivity index (χ2n) is 5.36. The molecule has 19 heavy (non-hydrogen) atoms. The van der Waals surface area contributed by atoms with E-state index in [4.69, 9.17) is 15.2 Å². The van der Waals surface area contributed by atoms with Crippen molar-refractivity contribution < 1.29 is 9.47 Å². The van der Waals surface area contributed by atoms with Crippen molar-refractivity contribution in [1.29, 1.82) is 0 Å². The third-order valence-electron chi connectivity index (χ3n) is 3.47. The molecule has 2 N–H and O–H groups in total. The lowest BCUT2D eigenvalue weighted by atomic mass is 10.1. The zero-order valence-corrected chi connectivity index (χ0v) is 12.0. The normalized spacial score (nSPS) is 26.1. The van der Waals surface area contributed by atoms with Gasteiger partial charge in [-0.2, -0.15) is 0 Å². The van der Waals surface area contributed by atoms with Crippen LogP contribution in [0.5, 0.6) is 5.75 Å². The fraction of sp³-hybridized carbons (Fsp3) is 0.600. The summed E-state index contributed by atoms with van der Waals surface area (Å²) in [5.41, 5.74) is 7.42. The zero-order valence-electron chi connectivity index (χ0n) is 12.0. The Bertz CT molecular complexity index is 401. The highest BCUT2D eigenvalue weighted by Crippen LogP contribution is 2.20. The van der Waals surface area contributed by atoms with E-state index in [1.165, 1.54) is 0 Å². The molecule has 1 aliphatic heterocycles. The Balaban J connectivity index is 1.97.